The van der Waals surface area contributed by atoms with Crippen LogP contribution in [0.3, 0.4) is 0 Å². The molecule has 0 bridgehead atoms. The summed E-state index contributed by atoms with van der Waals surface area (Å²) in [5, 5.41) is 35.6. The van der Waals surface area contributed by atoms with Gasteiger partial charge in [-0.2, -0.15) is 0 Å². The minimum Gasteiger partial charge on any atom is -0.493 e. The van der Waals surface area contributed by atoms with E-state index in [4.69, 9.17) is 14.6 Å². The van der Waals surface area contributed by atoms with Crippen LogP contribution in [0.1, 0.15) is 44.6 Å². The molecule has 1 aliphatic carbocycles. The maximum absolute atomic E-state index is 12.6. The van der Waals surface area contributed by atoms with Crippen LogP contribution in [0, 0.1) is 3.57 Å². The highest BCUT2D eigenvalue weighted by Gasteiger charge is 2.35. The molecule has 2 rings (SSSR count). The van der Waals surface area contributed by atoms with Crippen LogP contribution in [0.15, 0.2) is 23.8 Å². The number of ether oxygens (including phenoxy) is 2. The van der Waals surface area contributed by atoms with Gasteiger partial charge in [-0.05, 0) is 65.7 Å². The summed E-state index contributed by atoms with van der Waals surface area (Å²) in [5.74, 6) is 0.612. The molecule has 0 saturated carbocycles. The minimum atomic E-state index is -0.867. The number of carbonyl (C=O) groups is 1. The van der Waals surface area contributed by atoms with Crippen molar-refractivity contribution in [3.8, 4) is 11.5 Å². The van der Waals surface area contributed by atoms with Gasteiger partial charge >= 0.3 is 0 Å². The Labute approximate surface area is 203 Å². The van der Waals surface area contributed by atoms with Crippen LogP contribution in [0.2, 0.25) is 0 Å². The Morgan fingerprint density at radius 1 is 1.22 bits per heavy atom. The Hall–Kier alpha value is -1.40. The Bertz CT molecular complexity index is 773. The number of carbonyl (C=O) groups excluding carboxylic acids is 1. The molecule has 1 aromatic carbocycles. The van der Waals surface area contributed by atoms with Gasteiger partial charge in [-0.15, -0.1) is 0 Å². The average molecular weight is 562 g/mol. The lowest BCUT2D eigenvalue weighted by atomic mass is 9.89. The Morgan fingerprint density at radius 2 is 2.00 bits per heavy atom. The second kappa shape index (κ2) is 14.0. The summed E-state index contributed by atoms with van der Waals surface area (Å²) >= 11 is 2.10. The van der Waals surface area contributed by atoms with Crippen molar-refractivity contribution in [2.75, 3.05) is 26.8 Å². The second-order valence-corrected chi connectivity index (χ2v) is 9.00. The molecule has 1 amide bonds. The lowest BCUT2D eigenvalue weighted by Crippen LogP contribution is -2.52. The molecule has 0 unspecified atom stereocenters. The maximum Gasteiger partial charge on any atom is 0.247 e. The smallest absolute Gasteiger partial charge is 0.247 e. The number of hydrogen-bond acceptors (Lipinski definition) is 7. The number of nitrogens with one attached hydrogen (secondary N) is 2. The van der Waals surface area contributed by atoms with Crippen LogP contribution in [-0.2, 0) is 11.4 Å². The zero-order chi connectivity index (χ0) is 23.5. The predicted octanol–water partition coefficient (Wildman–Crippen LogP) is 1.88. The molecule has 1 aliphatic rings. The molecule has 32 heavy (non-hydrogen) atoms. The predicted molar refractivity (Wildman–Crippen MR) is 131 cm³/mol. The highest BCUT2D eigenvalue weighted by Crippen LogP contribution is 2.36. The fourth-order valence-electron chi connectivity index (χ4n) is 3.65. The van der Waals surface area contributed by atoms with Crippen molar-refractivity contribution in [3.05, 3.63) is 32.9 Å². The van der Waals surface area contributed by atoms with Crippen molar-refractivity contribution in [2.24, 2.45) is 0 Å². The molecule has 5 N–H and O–H groups in total. The van der Waals surface area contributed by atoms with Gasteiger partial charge in [0.15, 0.2) is 11.5 Å². The van der Waals surface area contributed by atoms with Gasteiger partial charge < -0.3 is 35.4 Å². The van der Waals surface area contributed by atoms with Crippen molar-refractivity contribution in [1.29, 1.82) is 0 Å². The fraction of sp³-hybridized carbons (Fsp3) is 0.609. The quantitative estimate of drug-likeness (QED) is 0.184. The summed E-state index contributed by atoms with van der Waals surface area (Å²) < 4.78 is 12.3. The summed E-state index contributed by atoms with van der Waals surface area (Å²) in [4.78, 5) is 12.6. The van der Waals surface area contributed by atoms with Gasteiger partial charge in [0.25, 0.3) is 0 Å². The summed E-state index contributed by atoms with van der Waals surface area (Å²) in [5.41, 5.74) is 1.19. The first-order chi connectivity index (χ1) is 15.4. The molecule has 0 heterocycles. The van der Waals surface area contributed by atoms with E-state index >= 15 is 0 Å². The third kappa shape index (κ3) is 7.58. The van der Waals surface area contributed by atoms with E-state index in [2.05, 4.69) is 40.1 Å². The van der Waals surface area contributed by atoms with E-state index in [9.17, 15) is 15.0 Å². The molecule has 0 spiro atoms. The SMILES string of the molecule is CCCCCCN[C@@H]1CC(C(=O)NCCO)=C[C@H](Oc2c(I)cc(CO)cc2OC)[C@H]1O. The van der Waals surface area contributed by atoms with Crippen molar-refractivity contribution >= 4 is 28.5 Å². The molecular formula is C23H35IN2O6. The second-order valence-electron chi connectivity index (χ2n) is 7.84. The van der Waals surface area contributed by atoms with Crippen molar-refractivity contribution in [1.82, 2.24) is 10.6 Å². The lowest BCUT2D eigenvalue weighted by molar-refractivity contribution is -0.118. The molecule has 0 fully saturated rings. The first-order valence-corrected chi connectivity index (χ1v) is 12.2. The third-order valence-corrected chi connectivity index (χ3v) is 6.21. The topological polar surface area (TPSA) is 120 Å². The molecule has 1 aromatic rings. The van der Waals surface area contributed by atoms with E-state index in [-0.39, 0.29) is 31.7 Å². The largest absolute Gasteiger partial charge is 0.493 e. The molecule has 3 atom stereocenters. The molecule has 8 nitrogen and oxygen atoms in total. The summed E-state index contributed by atoms with van der Waals surface area (Å²) in [6.45, 7) is 2.79. The Morgan fingerprint density at radius 3 is 2.66 bits per heavy atom. The number of unbranched alkanes of at least 4 members (excludes halogenated alkanes) is 3. The van der Waals surface area contributed by atoms with Gasteiger partial charge in [-0.25, -0.2) is 0 Å². The van der Waals surface area contributed by atoms with Crippen LogP contribution in [0.25, 0.3) is 0 Å². The third-order valence-electron chi connectivity index (χ3n) is 5.41. The number of amides is 1. The van der Waals surface area contributed by atoms with Gasteiger partial charge in [-0.1, -0.05) is 26.2 Å². The zero-order valence-electron chi connectivity index (χ0n) is 18.8. The highest BCUT2D eigenvalue weighted by atomic mass is 127. The van der Waals surface area contributed by atoms with Crippen LogP contribution in [0.5, 0.6) is 11.5 Å². The molecular weight excluding hydrogens is 527 g/mol. The van der Waals surface area contributed by atoms with Gasteiger partial charge in [0.1, 0.15) is 12.2 Å². The molecule has 9 heteroatoms. The fourth-order valence-corrected chi connectivity index (χ4v) is 4.45. The molecule has 180 valence electrons. The minimum absolute atomic E-state index is 0.127. The van der Waals surface area contributed by atoms with Gasteiger partial charge in [0.2, 0.25) is 5.91 Å². The summed E-state index contributed by atoms with van der Waals surface area (Å²) in [6.07, 6.45) is 4.78. The van der Waals surface area contributed by atoms with E-state index in [0.29, 0.717) is 29.1 Å². The van der Waals surface area contributed by atoms with Gasteiger partial charge in [0.05, 0.1) is 23.9 Å². The summed E-state index contributed by atoms with van der Waals surface area (Å²) in [7, 11) is 1.51. The van der Waals surface area contributed by atoms with Crippen LogP contribution < -0.4 is 20.1 Å². The number of rotatable bonds is 13. The van der Waals surface area contributed by atoms with Crippen LogP contribution in [0.4, 0.5) is 0 Å². The highest BCUT2D eigenvalue weighted by molar-refractivity contribution is 14.1. The number of benzene rings is 1. The Kier molecular flexibility index (Phi) is 11.7. The Balaban J connectivity index is 2.24. The number of halogens is 1. The average Bonchev–Trinajstić information content (AvgIpc) is 2.80. The summed E-state index contributed by atoms with van der Waals surface area (Å²) in [6, 6.07) is 3.13. The molecule has 0 saturated heterocycles. The number of aliphatic hydroxyl groups is 3. The van der Waals surface area contributed by atoms with E-state index in [0.717, 1.165) is 35.8 Å². The number of methoxy groups -OCH3 is 1. The van der Waals surface area contributed by atoms with Gasteiger partial charge in [-0.3, -0.25) is 4.79 Å². The van der Waals surface area contributed by atoms with E-state index in [1.165, 1.54) is 7.11 Å². The monoisotopic (exact) mass is 562 g/mol. The first kappa shape index (κ1) is 26.8. The zero-order valence-corrected chi connectivity index (χ0v) is 20.9. The normalized spacial score (nSPS) is 20.6. The van der Waals surface area contributed by atoms with Crippen LogP contribution in [-0.4, -0.2) is 66.3 Å². The standard InChI is InChI=1S/C23H35IN2O6/c1-3-4-5-6-7-25-18-12-16(23(30)26-8-9-27)13-19(21(18)29)32-22-17(24)10-15(14-28)11-20(22)31-2/h10-11,13,18-19,21,25,27-29H,3-9,12,14H2,1-2H3,(H,26,30)/t18-,19+,21+/m1/s1. The lowest BCUT2D eigenvalue weighted by Gasteiger charge is -2.34. The van der Waals surface area contributed by atoms with Crippen LogP contribution >= 0.6 is 22.6 Å². The first-order valence-electron chi connectivity index (χ1n) is 11.1. The molecule has 0 aliphatic heterocycles. The van der Waals surface area contributed by atoms with Gasteiger partial charge in [0, 0.05) is 18.2 Å². The van der Waals surface area contributed by atoms with E-state index in [1.807, 2.05) is 0 Å². The van der Waals surface area contributed by atoms with Crippen molar-refractivity contribution in [2.45, 2.75) is 63.9 Å². The number of aliphatic hydroxyl groups excluding tert-OH is 3. The van der Waals surface area contributed by atoms with Crippen molar-refractivity contribution < 1.29 is 29.6 Å². The number of hydrogen-bond donors (Lipinski definition) is 5. The maximum atomic E-state index is 12.6. The van der Waals surface area contributed by atoms with Crippen molar-refractivity contribution in [3.63, 3.8) is 0 Å². The van der Waals surface area contributed by atoms with E-state index in [1.54, 1.807) is 18.2 Å². The molecule has 0 radical (unpaired) electrons. The molecule has 0 aromatic heterocycles. The van der Waals surface area contributed by atoms with E-state index < -0.39 is 12.2 Å².